The topological polar surface area (TPSA) is 49.4 Å². The maximum absolute atomic E-state index is 13.7. The lowest BCUT2D eigenvalue weighted by Crippen LogP contribution is -2.52. The van der Waals surface area contributed by atoms with Crippen LogP contribution >= 0.6 is 15.9 Å². The Kier molecular flexibility index (Phi) is 9.46. The van der Waals surface area contributed by atoms with Crippen LogP contribution in [0.5, 0.6) is 0 Å². The van der Waals surface area contributed by atoms with Gasteiger partial charge < -0.3 is 10.2 Å². The molecule has 0 aliphatic heterocycles. The molecule has 3 aromatic carbocycles. The molecule has 2 atom stereocenters. The van der Waals surface area contributed by atoms with Gasteiger partial charge in [-0.3, -0.25) is 9.59 Å². The van der Waals surface area contributed by atoms with Crippen molar-refractivity contribution in [2.24, 2.45) is 0 Å². The van der Waals surface area contributed by atoms with Crippen LogP contribution in [0.4, 0.5) is 0 Å². The summed E-state index contributed by atoms with van der Waals surface area (Å²) in [5.41, 5.74) is 4.07. The fraction of sp³-hybridized carbons (Fsp3) is 0.310. The van der Waals surface area contributed by atoms with Gasteiger partial charge in [0.1, 0.15) is 6.04 Å². The Bertz CT molecular complexity index is 1080. The Morgan fingerprint density at radius 2 is 1.59 bits per heavy atom. The molecule has 0 aliphatic rings. The lowest BCUT2D eigenvalue weighted by molar-refractivity contribution is -0.141. The summed E-state index contributed by atoms with van der Waals surface area (Å²) in [6.45, 7) is 6.42. The first-order chi connectivity index (χ1) is 16.4. The number of amides is 2. The Balaban J connectivity index is 1.96. The number of nitrogens with zero attached hydrogens (tertiary/aromatic N) is 1. The number of hydrogen-bond donors (Lipinski definition) is 1. The zero-order chi connectivity index (χ0) is 24.5. The summed E-state index contributed by atoms with van der Waals surface area (Å²) in [7, 11) is 0. The van der Waals surface area contributed by atoms with Crippen molar-refractivity contribution >= 4 is 27.7 Å². The summed E-state index contributed by atoms with van der Waals surface area (Å²) in [6.07, 6.45) is 1.53. The van der Waals surface area contributed by atoms with Gasteiger partial charge in [-0.2, -0.15) is 0 Å². The maximum atomic E-state index is 13.7. The molecule has 1 N–H and O–H groups in total. The summed E-state index contributed by atoms with van der Waals surface area (Å²) in [5.74, 6) is -0.179. The van der Waals surface area contributed by atoms with E-state index in [4.69, 9.17) is 0 Å². The highest BCUT2D eigenvalue weighted by atomic mass is 79.9. The van der Waals surface area contributed by atoms with Crippen LogP contribution in [-0.2, 0) is 29.0 Å². The lowest BCUT2D eigenvalue weighted by Gasteiger charge is -2.32. The molecule has 3 aromatic rings. The fourth-order valence-electron chi connectivity index (χ4n) is 3.88. The third kappa shape index (κ3) is 7.56. The smallest absolute Gasteiger partial charge is 0.243 e. The van der Waals surface area contributed by atoms with Gasteiger partial charge in [-0.05, 0) is 49.1 Å². The Labute approximate surface area is 211 Å². The number of hydrogen-bond acceptors (Lipinski definition) is 2. The highest BCUT2D eigenvalue weighted by Crippen LogP contribution is 2.19. The Morgan fingerprint density at radius 1 is 0.912 bits per heavy atom. The predicted octanol–water partition coefficient (Wildman–Crippen LogP) is 5.85. The Morgan fingerprint density at radius 3 is 2.24 bits per heavy atom. The van der Waals surface area contributed by atoms with E-state index in [9.17, 15) is 9.59 Å². The quantitative estimate of drug-likeness (QED) is 0.364. The van der Waals surface area contributed by atoms with E-state index in [1.54, 1.807) is 4.90 Å². The van der Waals surface area contributed by atoms with Crippen molar-refractivity contribution in [2.75, 3.05) is 0 Å². The number of halogens is 1. The number of benzene rings is 3. The first-order valence-corrected chi connectivity index (χ1v) is 12.6. The number of carbonyl (C=O) groups is 2. The Hall–Kier alpha value is -2.92. The molecule has 0 bridgehead atoms. The minimum absolute atomic E-state index is 0.0344. The minimum Gasteiger partial charge on any atom is -0.352 e. The summed E-state index contributed by atoms with van der Waals surface area (Å²) < 4.78 is 0.976. The average Bonchev–Trinajstić information content (AvgIpc) is 2.83. The van der Waals surface area contributed by atoms with Crippen molar-refractivity contribution in [2.45, 2.75) is 58.7 Å². The second-order valence-corrected chi connectivity index (χ2v) is 9.75. The molecule has 2 amide bonds. The van der Waals surface area contributed by atoms with Crippen LogP contribution in [-0.4, -0.2) is 28.8 Å². The number of nitrogens with one attached hydrogen (secondary N) is 1. The summed E-state index contributed by atoms with van der Waals surface area (Å²) in [6, 6.07) is 25.2. The SMILES string of the molecule is CC[C@H](C)NC(=O)[C@H](Cc1ccccc1)N(Cc1ccc(Br)cc1)C(=O)Cc1cccc(C)c1. The van der Waals surface area contributed by atoms with Gasteiger partial charge in [0.2, 0.25) is 11.8 Å². The van der Waals surface area contributed by atoms with Gasteiger partial charge in [0.05, 0.1) is 6.42 Å². The highest BCUT2D eigenvalue weighted by molar-refractivity contribution is 9.10. The monoisotopic (exact) mass is 520 g/mol. The van der Waals surface area contributed by atoms with E-state index in [0.29, 0.717) is 13.0 Å². The van der Waals surface area contributed by atoms with Gasteiger partial charge in [-0.15, -0.1) is 0 Å². The van der Waals surface area contributed by atoms with Crippen LogP contribution in [0.1, 0.15) is 42.5 Å². The second-order valence-electron chi connectivity index (χ2n) is 8.84. The van der Waals surface area contributed by atoms with Crippen molar-refractivity contribution < 1.29 is 9.59 Å². The van der Waals surface area contributed by atoms with Crippen LogP contribution in [0.25, 0.3) is 0 Å². The van der Waals surface area contributed by atoms with E-state index in [1.807, 2.05) is 99.6 Å². The van der Waals surface area contributed by atoms with E-state index in [1.165, 1.54) is 0 Å². The van der Waals surface area contributed by atoms with E-state index < -0.39 is 6.04 Å². The minimum atomic E-state index is -0.614. The molecule has 3 rings (SSSR count). The molecule has 0 fully saturated rings. The average molecular weight is 521 g/mol. The first-order valence-electron chi connectivity index (χ1n) is 11.8. The molecule has 0 aliphatic carbocycles. The van der Waals surface area contributed by atoms with Crippen molar-refractivity contribution in [3.05, 3.63) is 106 Å². The lowest BCUT2D eigenvalue weighted by atomic mass is 10.0. The molecule has 0 spiro atoms. The van der Waals surface area contributed by atoms with Gasteiger partial charge in [0, 0.05) is 23.5 Å². The molecular formula is C29H33BrN2O2. The van der Waals surface area contributed by atoms with E-state index in [2.05, 4.69) is 21.2 Å². The highest BCUT2D eigenvalue weighted by Gasteiger charge is 2.31. The molecule has 178 valence electrons. The predicted molar refractivity (Wildman–Crippen MR) is 141 cm³/mol. The van der Waals surface area contributed by atoms with Gasteiger partial charge in [-0.1, -0.05) is 95.1 Å². The van der Waals surface area contributed by atoms with E-state index in [-0.39, 0.29) is 24.3 Å². The molecule has 34 heavy (non-hydrogen) atoms. The molecule has 4 nitrogen and oxygen atoms in total. The standard InChI is InChI=1S/C29H33BrN2O2/c1-4-22(3)31-29(34)27(18-23-10-6-5-7-11-23)32(20-24-13-15-26(30)16-14-24)28(33)19-25-12-8-9-21(2)17-25/h5-17,22,27H,4,18-20H2,1-3H3,(H,31,34)/t22-,27-/m0/s1. The molecule has 0 aromatic heterocycles. The fourth-order valence-corrected chi connectivity index (χ4v) is 4.14. The van der Waals surface area contributed by atoms with Crippen LogP contribution in [0, 0.1) is 6.92 Å². The summed E-state index contributed by atoms with van der Waals surface area (Å²) in [4.78, 5) is 29.0. The van der Waals surface area contributed by atoms with Gasteiger partial charge >= 0.3 is 0 Å². The van der Waals surface area contributed by atoms with Gasteiger partial charge in [-0.25, -0.2) is 0 Å². The van der Waals surface area contributed by atoms with Crippen molar-refractivity contribution in [1.29, 1.82) is 0 Å². The molecule has 0 saturated carbocycles. The summed E-state index contributed by atoms with van der Waals surface area (Å²) >= 11 is 3.48. The molecule has 5 heteroatoms. The van der Waals surface area contributed by atoms with Crippen molar-refractivity contribution in [1.82, 2.24) is 10.2 Å². The van der Waals surface area contributed by atoms with Gasteiger partial charge in [0.15, 0.2) is 0 Å². The second kappa shape index (κ2) is 12.5. The van der Waals surface area contributed by atoms with Crippen molar-refractivity contribution in [3.8, 4) is 0 Å². The zero-order valence-corrected chi connectivity index (χ0v) is 21.7. The molecule has 0 unspecified atom stereocenters. The van der Waals surface area contributed by atoms with E-state index in [0.717, 1.165) is 33.1 Å². The number of rotatable bonds is 10. The van der Waals surface area contributed by atoms with Gasteiger partial charge in [0.25, 0.3) is 0 Å². The van der Waals surface area contributed by atoms with E-state index >= 15 is 0 Å². The van der Waals surface area contributed by atoms with Crippen LogP contribution in [0.15, 0.2) is 83.3 Å². The third-order valence-electron chi connectivity index (χ3n) is 5.98. The molecule has 0 heterocycles. The van der Waals surface area contributed by atoms with Crippen LogP contribution in [0.3, 0.4) is 0 Å². The third-order valence-corrected chi connectivity index (χ3v) is 6.50. The molecule has 0 radical (unpaired) electrons. The normalized spacial score (nSPS) is 12.6. The maximum Gasteiger partial charge on any atom is 0.243 e. The number of carbonyl (C=O) groups excluding carboxylic acids is 2. The van der Waals surface area contributed by atoms with Crippen molar-refractivity contribution in [3.63, 3.8) is 0 Å². The van der Waals surface area contributed by atoms with Crippen LogP contribution in [0.2, 0.25) is 0 Å². The zero-order valence-electron chi connectivity index (χ0n) is 20.1. The molecule has 0 saturated heterocycles. The first kappa shape index (κ1) is 25.7. The van der Waals surface area contributed by atoms with Crippen LogP contribution < -0.4 is 5.32 Å². The number of aryl methyl sites for hydroxylation is 1. The summed E-state index contributed by atoms with van der Waals surface area (Å²) in [5, 5.41) is 3.11. The largest absolute Gasteiger partial charge is 0.352 e. The molecular weight excluding hydrogens is 488 g/mol.